The van der Waals surface area contributed by atoms with Crippen LogP contribution in [-0.2, 0) is 0 Å². The lowest BCUT2D eigenvalue weighted by molar-refractivity contribution is 0.0880. The number of aryl methyl sites for hydroxylation is 1. The fraction of sp³-hybridized carbons (Fsp3) is 0.400. The zero-order chi connectivity index (χ0) is 15.0. The Hall–Kier alpha value is -1.07. The average molecular weight is 326 g/mol. The van der Waals surface area contributed by atoms with Gasteiger partial charge in [-0.05, 0) is 31.5 Å². The SMILES string of the molecule is Cc1ccc(-c2nccn2[C@H]2CCNC[C@@H]2O)c(Cl)c1Cl. The van der Waals surface area contributed by atoms with Crippen LogP contribution in [0.1, 0.15) is 18.0 Å². The maximum absolute atomic E-state index is 10.2. The van der Waals surface area contributed by atoms with Gasteiger partial charge in [0.25, 0.3) is 0 Å². The number of aliphatic hydroxyl groups is 1. The summed E-state index contributed by atoms with van der Waals surface area (Å²) in [6, 6.07) is 3.86. The van der Waals surface area contributed by atoms with E-state index in [1.54, 1.807) is 6.20 Å². The number of piperidine rings is 1. The number of aromatic nitrogens is 2. The molecule has 1 aliphatic rings. The van der Waals surface area contributed by atoms with E-state index < -0.39 is 6.10 Å². The molecule has 1 aromatic heterocycles. The van der Waals surface area contributed by atoms with Gasteiger partial charge in [0, 0.05) is 24.5 Å². The normalized spacial score (nSPS) is 22.5. The predicted molar refractivity (Wildman–Crippen MR) is 85.0 cm³/mol. The predicted octanol–water partition coefficient (Wildman–Crippen LogP) is 3.06. The Morgan fingerprint density at radius 2 is 2.14 bits per heavy atom. The quantitative estimate of drug-likeness (QED) is 0.892. The number of nitrogens with zero attached hydrogens (tertiary/aromatic N) is 2. The smallest absolute Gasteiger partial charge is 0.141 e. The van der Waals surface area contributed by atoms with Gasteiger partial charge in [0.05, 0.1) is 22.2 Å². The first-order valence-electron chi connectivity index (χ1n) is 6.96. The molecule has 0 spiro atoms. The molecule has 2 heterocycles. The largest absolute Gasteiger partial charge is 0.390 e. The third-order valence-electron chi connectivity index (χ3n) is 3.96. The van der Waals surface area contributed by atoms with E-state index in [2.05, 4.69) is 10.3 Å². The first kappa shape index (κ1) is 14.9. The molecule has 6 heteroatoms. The summed E-state index contributed by atoms with van der Waals surface area (Å²) in [7, 11) is 0. The zero-order valence-electron chi connectivity index (χ0n) is 11.7. The molecule has 1 aliphatic heterocycles. The summed E-state index contributed by atoms with van der Waals surface area (Å²) in [6.45, 7) is 3.38. The summed E-state index contributed by atoms with van der Waals surface area (Å²) in [5, 5.41) is 14.5. The number of imidazole rings is 1. The Balaban J connectivity index is 2.05. The van der Waals surface area contributed by atoms with Crippen molar-refractivity contribution in [3.63, 3.8) is 0 Å². The molecule has 0 amide bonds. The summed E-state index contributed by atoms with van der Waals surface area (Å²) in [6.07, 6.45) is 4.03. The topological polar surface area (TPSA) is 50.1 Å². The Morgan fingerprint density at radius 3 is 2.90 bits per heavy atom. The fourth-order valence-electron chi connectivity index (χ4n) is 2.76. The van der Waals surface area contributed by atoms with Crippen molar-refractivity contribution in [2.24, 2.45) is 0 Å². The molecule has 3 rings (SSSR count). The molecule has 0 bridgehead atoms. The van der Waals surface area contributed by atoms with Gasteiger partial charge in [-0.25, -0.2) is 4.98 Å². The molecule has 2 atom stereocenters. The summed E-state index contributed by atoms with van der Waals surface area (Å²) >= 11 is 12.6. The zero-order valence-corrected chi connectivity index (χ0v) is 13.2. The number of rotatable bonds is 2. The lowest BCUT2D eigenvalue weighted by atomic mass is 10.0. The highest BCUT2D eigenvalue weighted by Gasteiger charge is 2.27. The molecule has 1 fully saturated rings. The van der Waals surface area contributed by atoms with Crippen LogP contribution in [0.15, 0.2) is 24.5 Å². The number of halogens is 2. The highest BCUT2D eigenvalue weighted by atomic mass is 35.5. The van der Waals surface area contributed by atoms with Gasteiger partial charge < -0.3 is 15.0 Å². The van der Waals surface area contributed by atoms with E-state index in [9.17, 15) is 5.11 Å². The third-order valence-corrected chi connectivity index (χ3v) is 4.93. The summed E-state index contributed by atoms with van der Waals surface area (Å²) in [5.74, 6) is 0.743. The van der Waals surface area contributed by atoms with E-state index in [1.807, 2.05) is 29.8 Å². The van der Waals surface area contributed by atoms with E-state index in [-0.39, 0.29) is 6.04 Å². The number of aliphatic hydroxyl groups excluding tert-OH is 1. The van der Waals surface area contributed by atoms with Crippen molar-refractivity contribution in [3.8, 4) is 11.4 Å². The molecular formula is C15H17Cl2N3O. The molecule has 4 nitrogen and oxygen atoms in total. The first-order chi connectivity index (χ1) is 10.1. The summed E-state index contributed by atoms with van der Waals surface area (Å²) < 4.78 is 2.00. The van der Waals surface area contributed by atoms with Crippen molar-refractivity contribution in [1.29, 1.82) is 0 Å². The van der Waals surface area contributed by atoms with Crippen LogP contribution in [0.25, 0.3) is 11.4 Å². The Bertz CT molecular complexity index is 656. The second-order valence-electron chi connectivity index (χ2n) is 5.34. The van der Waals surface area contributed by atoms with Crippen LogP contribution in [0.4, 0.5) is 0 Å². The fourth-order valence-corrected chi connectivity index (χ4v) is 3.22. The van der Waals surface area contributed by atoms with E-state index in [4.69, 9.17) is 23.2 Å². The van der Waals surface area contributed by atoms with Crippen molar-refractivity contribution < 1.29 is 5.11 Å². The number of benzene rings is 1. The van der Waals surface area contributed by atoms with Gasteiger partial charge in [-0.1, -0.05) is 29.3 Å². The van der Waals surface area contributed by atoms with Crippen molar-refractivity contribution in [3.05, 3.63) is 40.1 Å². The van der Waals surface area contributed by atoms with Crippen molar-refractivity contribution in [1.82, 2.24) is 14.9 Å². The monoisotopic (exact) mass is 325 g/mol. The van der Waals surface area contributed by atoms with Crippen LogP contribution in [0.5, 0.6) is 0 Å². The number of hydrogen-bond donors (Lipinski definition) is 2. The molecule has 0 aliphatic carbocycles. The van der Waals surface area contributed by atoms with Crippen molar-refractivity contribution in [2.75, 3.05) is 13.1 Å². The van der Waals surface area contributed by atoms with Gasteiger partial charge in [0.1, 0.15) is 5.82 Å². The minimum atomic E-state index is -0.439. The highest BCUT2D eigenvalue weighted by molar-refractivity contribution is 6.44. The van der Waals surface area contributed by atoms with Gasteiger partial charge in [-0.3, -0.25) is 0 Å². The number of nitrogens with one attached hydrogen (secondary N) is 1. The van der Waals surface area contributed by atoms with Crippen LogP contribution in [0, 0.1) is 6.92 Å². The molecular weight excluding hydrogens is 309 g/mol. The van der Waals surface area contributed by atoms with Gasteiger partial charge in [-0.2, -0.15) is 0 Å². The van der Waals surface area contributed by atoms with E-state index in [0.717, 1.165) is 29.9 Å². The lowest BCUT2D eigenvalue weighted by Crippen LogP contribution is -2.41. The molecule has 1 saturated heterocycles. The summed E-state index contributed by atoms with van der Waals surface area (Å²) in [5.41, 5.74) is 1.73. The van der Waals surface area contributed by atoms with E-state index >= 15 is 0 Å². The van der Waals surface area contributed by atoms with Crippen molar-refractivity contribution in [2.45, 2.75) is 25.5 Å². The van der Waals surface area contributed by atoms with Gasteiger partial charge in [0.15, 0.2) is 0 Å². The van der Waals surface area contributed by atoms with Gasteiger partial charge >= 0.3 is 0 Å². The molecule has 112 valence electrons. The molecule has 1 aromatic carbocycles. The Morgan fingerprint density at radius 1 is 1.33 bits per heavy atom. The molecule has 21 heavy (non-hydrogen) atoms. The third kappa shape index (κ3) is 2.69. The first-order valence-corrected chi connectivity index (χ1v) is 7.71. The van der Waals surface area contributed by atoms with Crippen LogP contribution in [0.2, 0.25) is 10.0 Å². The maximum Gasteiger partial charge on any atom is 0.141 e. The van der Waals surface area contributed by atoms with E-state index in [1.165, 1.54) is 0 Å². The van der Waals surface area contributed by atoms with Crippen LogP contribution in [0.3, 0.4) is 0 Å². The average Bonchev–Trinajstić information content (AvgIpc) is 2.94. The van der Waals surface area contributed by atoms with E-state index in [0.29, 0.717) is 16.6 Å². The standard InChI is InChI=1S/C15H17Cl2N3O/c1-9-2-3-10(14(17)13(9)16)15-19-6-7-20(15)11-4-5-18-8-12(11)21/h2-3,6-7,11-12,18,21H,4-5,8H2,1H3/t11-,12-/m0/s1. The number of hydrogen-bond acceptors (Lipinski definition) is 3. The molecule has 2 aromatic rings. The van der Waals surface area contributed by atoms with Gasteiger partial charge in [-0.15, -0.1) is 0 Å². The second-order valence-corrected chi connectivity index (χ2v) is 6.10. The highest BCUT2D eigenvalue weighted by Crippen LogP contribution is 2.36. The summed E-state index contributed by atoms with van der Waals surface area (Å²) in [4.78, 5) is 4.42. The molecule has 0 unspecified atom stereocenters. The molecule has 0 radical (unpaired) electrons. The molecule has 2 N–H and O–H groups in total. The minimum absolute atomic E-state index is 0.0000970. The van der Waals surface area contributed by atoms with Crippen LogP contribution < -0.4 is 5.32 Å². The lowest BCUT2D eigenvalue weighted by Gasteiger charge is -2.30. The van der Waals surface area contributed by atoms with Crippen molar-refractivity contribution >= 4 is 23.2 Å². The maximum atomic E-state index is 10.2. The second kappa shape index (κ2) is 5.97. The Labute approximate surface area is 133 Å². The molecule has 0 saturated carbocycles. The number of β-amino-alcohol motifs (C(OH)–C–C–N with tert-alkyl or cyclic N) is 1. The minimum Gasteiger partial charge on any atom is -0.390 e. The van der Waals surface area contributed by atoms with Gasteiger partial charge in [0.2, 0.25) is 0 Å². The Kier molecular flexibility index (Phi) is 4.22. The van der Waals surface area contributed by atoms with Crippen LogP contribution in [-0.4, -0.2) is 33.9 Å². The van der Waals surface area contributed by atoms with Crippen LogP contribution >= 0.6 is 23.2 Å².